The predicted molar refractivity (Wildman–Crippen MR) is 150 cm³/mol. The molecule has 1 fully saturated rings. The molecule has 4 aromatic rings. The standard InChI is InChI=1S/C29H25ClN6O2/c1-2-28(37)36-25-15-23-26(13-20(25)7-6-19-10-12-31-16-19)33-18-34-29(23)35-21-8-9-27(24(30)14-21)38-17-22-5-3-4-11-32-22/h2-5,8-9,11,13-15,18-19,31H,1,10,12,16-17H2,(H,36,37)(H,33,34,35). The molecule has 5 rings (SSSR count). The first-order valence-corrected chi connectivity index (χ1v) is 12.5. The average Bonchev–Trinajstić information content (AvgIpc) is 3.46. The second kappa shape index (κ2) is 11.7. The van der Waals surface area contributed by atoms with E-state index in [9.17, 15) is 4.79 Å². The molecular weight excluding hydrogens is 500 g/mol. The Kier molecular flexibility index (Phi) is 7.78. The van der Waals surface area contributed by atoms with Crippen LogP contribution in [0.15, 0.2) is 73.7 Å². The zero-order valence-electron chi connectivity index (χ0n) is 20.5. The molecule has 8 nitrogen and oxygen atoms in total. The summed E-state index contributed by atoms with van der Waals surface area (Å²) in [6.45, 7) is 5.69. The maximum atomic E-state index is 12.2. The third-order valence-electron chi connectivity index (χ3n) is 5.99. The number of anilines is 3. The highest BCUT2D eigenvalue weighted by atomic mass is 35.5. The zero-order chi connectivity index (χ0) is 26.3. The van der Waals surface area contributed by atoms with Crippen LogP contribution in [0.2, 0.25) is 5.02 Å². The number of pyridine rings is 1. The molecule has 9 heteroatoms. The maximum absolute atomic E-state index is 12.2. The van der Waals surface area contributed by atoms with Gasteiger partial charge in [0.25, 0.3) is 0 Å². The third kappa shape index (κ3) is 6.09. The van der Waals surface area contributed by atoms with Crippen molar-refractivity contribution in [1.82, 2.24) is 20.3 Å². The molecule has 3 N–H and O–H groups in total. The van der Waals surface area contributed by atoms with Crippen LogP contribution in [-0.2, 0) is 11.4 Å². The summed E-state index contributed by atoms with van der Waals surface area (Å²) in [6, 6.07) is 14.7. The van der Waals surface area contributed by atoms with Gasteiger partial charge in [-0.2, -0.15) is 0 Å². The van der Waals surface area contributed by atoms with Gasteiger partial charge in [0.05, 0.1) is 27.5 Å². The number of aromatic nitrogens is 3. The molecule has 190 valence electrons. The van der Waals surface area contributed by atoms with Crippen molar-refractivity contribution in [1.29, 1.82) is 0 Å². The molecule has 0 saturated carbocycles. The Hall–Kier alpha value is -4.45. The van der Waals surface area contributed by atoms with E-state index in [4.69, 9.17) is 16.3 Å². The van der Waals surface area contributed by atoms with Crippen LogP contribution in [0.1, 0.15) is 17.7 Å². The van der Waals surface area contributed by atoms with E-state index in [-0.39, 0.29) is 11.8 Å². The monoisotopic (exact) mass is 524 g/mol. The number of nitrogens with one attached hydrogen (secondary N) is 3. The van der Waals surface area contributed by atoms with E-state index < -0.39 is 0 Å². The Labute approximate surface area is 225 Å². The number of rotatable bonds is 7. The molecule has 38 heavy (non-hydrogen) atoms. The van der Waals surface area contributed by atoms with Crippen LogP contribution in [0.3, 0.4) is 0 Å². The highest BCUT2D eigenvalue weighted by molar-refractivity contribution is 6.32. The molecule has 1 atom stereocenters. The highest BCUT2D eigenvalue weighted by Crippen LogP contribution is 2.32. The fraction of sp³-hybridized carbons (Fsp3) is 0.172. The van der Waals surface area contributed by atoms with Gasteiger partial charge in [0.1, 0.15) is 24.5 Å². The minimum atomic E-state index is -0.325. The minimum absolute atomic E-state index is 0.275. The van der Waals surface area contributed by atoms with Crippen LogP contribution in [0.4, 0.5) is 17.2 Å². The lowest BCUT2D eigenvalue weighted by atomic mass is 10.1. The molecule has 3 heterocycles. The number of carbonyl (C=O) groups is 1. The number of amides is 1. The van der Waals surface area contributed by atoms with Crippen molar-refractivity contribution < 1.29 is 9.53 Å². The maximum Gasteiger partial charge on any atom is 0.247 e. The molecule has 0 bridgehead atoms. The lowest BCUT2D eigenvalue weighted by Crippen LogP contribution is -2.09. The number of halogens is 1. The SMILES string of the molecule is C=CC(=O)Nc1cc2c(Nc3ccc(OCc4ccccn4)c(Cl)c3)ncnc2cc1C#CC1CCNC1. The van der Waals surface area contributed by atoms with Crippen molar-refractivity contribution in [2.24, 2.45) is 5.92 Å². The Morgan fingerprint density at radius 1 is 1.21 bits per heavy atom. The van der Waals surface area contributed by atoms with Gasteiger partial charge in [0.15, 0.2) is 0 Å². The van der Waals surface area contributed by atoms with Crippen molar-refractivity contribution in [3.63, 3.8) is 0 Å². The van der Waals surface area contributed by atoms with E-state index in [0.29, 0.717) is 45.4 Å². The third-order valence-corrected chi connectivity index (χ3v) is 6.28. The zero-order valence-corrected chi connectivity index (χ0v) is 21.3. The van der Waals surface area contributed by atoms with Crippen LogP contribution in [0.25, 0.3) is 10.9 Å². The Balaban J connectivity index is 1.41. The molecule has 1 saturated heterocycles. The lowest BCUT2D eigenvalue weighted by Gasteiger charge is -2.13. The van der Waals surface area contributed by atoms with Crippen LogP contribution in [-0.4, -0.2) is 33.9 Å². The number of hydrogen-bond acceptors (Lipinski definition) is 7. The number of hydrogen-bond donors (Lipinski definition) is 3. The Bertz CT molecular complexity index is 1540. The number of benzene rings is 2. The summed E-state index contributed by atoms with van der Waals surface area (Å²) in [5.74, 6) is 7.58. The fourth-order valence-electron chi connectivity index (χ4n) is 4.02. The second-order valence-electron chi connectivity index (χ2n) is 8.67. The Morgan fingerprint density at radius 3 is 2.89 bits per heavy atom. The predicted octanol–water partition coefficient (Wildman–Crippen LogP) is 5.09. The second-order valence-corrected chi connectivity index (χ2v) is 9.08. The first kappa shape index (κ1) is 25.2. The number of ether oxygens (including phenoxy) is 1. The summed E-state index contributed by atoms with van der Waals surface area (Å²) in [4.78, 5) is 25.3. The molecule has 0 radical (unpaired) electrons. The molecule has 1 amide bonds. The summed E-state index contributed by atoms with van der Waals surface area (Å²) in [7, 11) is 0. The molecule has 2 aromatic carbocycles. The molecule has 0 aliphatic carbocycles. The molecule has 0 spiro atoms. The van der Waals surface area contributed by atoms with Crippen LogP contribution in [0.5, 0.6) is 5.75 Å². The van der Waals surface area contributed by atoms with E-state index in [0.717, 1.165) is 30.9 Å². The Morgan fingerprint density at radius 2 is 2.13 bits per heavy atom. The van der Waals surface area contributed by atoms with Gasteiger partial charge in [-0.25, -0.2) is 9.97 Å². The van der Waals surface area contributed by atoms with Gasteiger partial charge in [-0.15, -0.1) is 0 Å². The molecule has 2 aromatic heterocycles. The molecule has 1 aliphatic rings. The van der Waals surface area contributed by atoms with Gasteiger partial charge in [0.2, 0.25) is 5.91 Å². The van der Waals surface area contributed by atoms with Gasteiger partial charge in [-0.3, -0.25) is 9.78 Å². The van der Waals surface area contributed by atoms with Crippen LogP contribution < -0.4 is 20.7 Å². The van der Waals surface area contributed by atoms with E-state index in [1.54, 1.807) is 18.3 Å². The van der Waals surface area contributed by atoms with Gasteiger partial charge in [0, 0.05) is 29.7 Å². The number of nitrogens with zero attached hydrogens (tertiary/aromatic N) is 3. The molecule has 1 aliphatic heterocycles. The van der Waals surface area contributed by atoms with Crippen molar-refractivity contribution in [3.8, 4) is 17.6 Å². The first-order valence-electron chi connectivity index (χ1n) is 12.1. The average molecular weight is 525 g/mol. The van der Waals surface area contributed by atoms with Crippen molar-refractivity contribution in [3.05, 3.63) is 90.0 Å². The van der Waals surface area contributed by atoms with E-state index >= 15 is 0 Å². The van der Waals surface area contributed by atoms with Crippen molar-refractivity contribution >= 4 is 45.6 Å². The lowest BCUT2D eigenvalue weighted by molar-refractivity contribution is -0.111. The van der Waals surface area contributed by atoms with Gasteiger partial charge < -0.3 is 20.7 Å². The summed E-state index contributed by atoms with van der Waals surface area (Å²) in [5.41, 5.74) is 3.46. The largest absolute Gasteiger partial charge is 0.486 e. The summed E-state index contributed by atoms with van der Waals surface area (Å²) in [5, 5.41) is 10.6. The topological polar surface area (TPSA) is 101 Å². The fourth-order valence-corrected chi connectivity index (χ4v) is 4.25. The van der Waals surface area contributed by atoms with Crippen LogP contribution in [0, 0.1) is 17.8 Å². The molecular formula is C29H25ClN6O2. The summed E-state index contributed by atoms with van der Waals surface area (Å²) < 4.78 is 5.82. The first-order chi connectivity index (χ1) is 18.6. The quantitative estimate of drug-likeness (QED) is 0.229. The van der Waals surface area contributed by atoms with E-state index in [2.05, 4.69) is 49.3 Å². The normalized spacial score (nSPS) is 14.4. The van der Waals surface area contributed by atoms with Gasteiger partial charge in [-0.05, 0) is 61.5 Å². The van der Waals surface area contributed by atoms with Gasteiger partial charge in [-0.1, -0.05) is 36.1 Å². The minimum Gasteiger partial charge on any atom is -0.486 e. The van der Waals surface area contributed by atoms with Crippen molar-refractivity contribution in [2.75, 3.05) is 23.7 Å². The number of fused-ring (bicyclic) bond motifs is 1. The van der Waals surface area contributed by atoms with Crippen LogP contribution >= 0.6 is 11.6 Å². The summed E-state index contributed by atoms with van der Waals surface area (Å²) in [6.07, 6.45) is 5.43. The number of carbonyl (C=O) groups excluding carboxylic acids is 1. The van der Waals surface area contributed by atoms with Gasteiger partial charge >= 0.3 is 0 Å². The summed E-state index contributed by atoms with van der Waals surface area (Å²) >= 11 is 6.49. The smallest absolute Gasteiger partial charge is 0.247 e. The highest BCUT2D eigenvalue weighted by Gasteiger charge is 2.14. The van der Waals surface area contributed by atoms with E-state index in [1.165, 1.54) is 12.4 Å². The van der Waals surface area contributed by atoms with Crippen molar-refractivity contribution in [2.45, 2.75) is 13.0 Å². The molecule has 1 unspecified atom stereocenters. The van der Waals surface area contributed by atoms with E-state index in [1.807, 2.05) is 36.4 Å².